The van der Waals surface area contributed by atoms with Crippen LogP contribution in [-0.4, -0.2) is 29.2 Å². The van der Waals surface area contributed by atoms with E-state index in [0.717, 1.165) is 19.1 Å². The summed E-state index contributed by atoms with van der Waals surface area (Å²) in [4.78, 5) is 5.19. The van der Waals surface area contributed by atoms with Gasteiger partial charge in [-0.1, -0.05) is 0 Å². The monoisotopic (exact) mass is 211 g/mol. The summed E-state index contributed by atoms with van der Waals surface area (Å²) in [7, 11) is 0. The molecule has 0 atom stereocenters. The molecule has 1 aliphatic carbocycles. The van der Waals surface area contributed by atoms with Crippen molar-refractivity contribution in [1.29, 1.82) is 0 Å². The van der Waals surface area contributed by atoms with Gasteiger partial charge in [0.25, 0.3) is 0 Å². The first kappa shape index (κ1) is 10.1. The van der Waals surface area contributed by atoms with Crippen LogP contribution in [0.3, 0.4) is 0 Å². The van der Waals surface area contributed by atoms with Gasteiger partial charge in [-0.2, -0.15) is 0 Å². The van der Waals surface area contributed by atoms with Gasteiger partial charge in [0.05, 0.1) is 6.61 Å². The summed E-state index contributed by atoms with van der Waals surface area (Å²) in [6.45, 7) is 4.26. The van der Waals surface area contributed by atoms with Crippen LogP contribution in [0.5, 0.6) is 0 Å². The maximum atomic E-state index is 8.96. The van der Waals surface area contributed by atoms with Gasteiger partial charge in [-0.05, 0) is 31.9 Å². The van der Waals surface area contributed by atoms with Crippen molar-refractivity contribution in [2.75, 3.05) is 13.2 Å². The molecule has 0 bridgehead atoms. The number of rotatable bonds is 5. The lowest BCUT2D eigenvalue weighted by Gasteiger charge is -2.19. The highest BCUT2D eigenvalue weighted by molar-refractivity contribution is 7.11. The zero-order chi connectivity index (χ0) is 9.97. The zero-order valence-corrected chi connectivity index (χ0v) is 9.39. The summed E-state index contributed by atoms with van der Waals surface area (Å²) in [5.74, 6) is 0. The van der Waals surface area contributed by atoms with E-state index in [-0.39, 0.29) is 6.61 Å². The van der Waals surface area contributed by atoms with Gasteiger partial charge in [0.1, 0.15) is 0 Å². The zero-order valence-electron chi connectivity index (χ0n) is 8.57. The van der Waals surface area contributed by atoms with Crippen molar-refractivity contribution in [3.05, 3.63) is 21.9 Å². The number of aliphatic hydroxyl groups is 1. The van der Waals surface area contributed by atoms with Gasteiger partial charge in [0.15, 0.2) is 0 Å². The van der Waals surface area contributed by atoms with Crippen molar-refractivity contribution < 1.29 is 5.11 Å². The Hall–Kier alpha value is -0.380. The number of hydrogen-bond acceptors (Lipinski definition) is 3. The quantitative estimate of drug-likeness (QED) is 0.805. The Kier molecular flexibility index (Phi) is 3.21. The summed E-state index contributed by atoms with van der Waals surface area (Å²) in [5, 5.41) is 8.96. The minimum absolute atomic E-state index is 0.279. The van der Waals surface area contributed by atoms with Gasteiger partial charge in [-0.25, -0.2) is 0 Å². The van der Waals surface area contributed by atoms with Crippen LogP contribution in [-0.2, 0) is 6.54 Å². The molecule has 0 amide bonds. The van der Waals surface area contributed by atoms with Gasteiger partial charge in [0, 0.05) is 28.9 Å². The Morgan fingerprint density at radius 2 is 2.29 bits per heavy atom. The van der Waals surface area contributed by atoms with Crippen LogP contribution in [0.2, 0.25) is 0 Å². The molecule has 1 aliphatic rings. The highest BCUT2D eigenvalue weighted by Gasteiger charge is 2.28. The van der Waals surface area contributed by atoms with Crippen molar-refractivity contribution in [2.24, 2.45) is 0 Å². The maximum absolute atomic E-state index is 8.96. The Balaban J connectivity index is 1.92. The van der Waals surface area contributed by atoms with Crippen LogP contribution in [0.1, 0.15) is 22.6 Å². The normalized spacial score (nSPS) is 16.5. The van der Waals surface area contributed by atoms with Gasteiger partial charge < -0.3 is 5.11 Å². The average molecular weight is 211 g/mol. The van der Waals surface area contributed by atoms with E-state index in [9.17, 15) is 0 Å². The first-order valence-electron chi connectivity index (χ1n) is 5.20. The summed E-state index contributed by atoms with van der Waals surface area (Å²) in [5.41, 5.74) is 0. The Labute approximate surface area is 89.2 Å². The van der Waals surface area contributed by atoms with Crippen LogP contribution in [0, 0.1) is 6.92 Å². The minimum atomic E-state index is 0.279. The third kappa shape index (κ3) is 2.56. The van der Waals surface area contributed by atoms with E-state index in [2.05, 4.69) is 24.0 Å². The van der Waals surface area contributed by atoms with Crippen molar-refractivity contribution in [3.63, 3.8) is 0 Å². The molecule has 78 valence electrons. The molecule has 1 N–H and O–H groups in total. The standard InChI is InChI=1S/C11H17NOS/c1-9-2-5-11(14-9)8-12(6-7-13)10-3-4-10/h2,5,10,13H,3-4,6-8H2,1H3. The van der Waals surface area contributed by atoms with Crippen LogP contribution in [0.25, 0.3) is 0 Å². The lowest BCUT2D eigenvalue weighted by atomic mass is 10.4. The maximum Gasteiger partial charge on any atom is 0.0558 e. The summed E-state index contributed by atoms with van der Waals surface area (Å²) < 4.78 is 0. The molecular formula is C11H17NOS. The second-order valence-corrected chi connectivity index (χ2v) is 5.31. The summed E-state index contributed by atoms with van der Waals surface area (Å²) in [6.07, 6.45) is 2.62. The predicted molar refractivity (Wildman–Crippen MR) is 59.6 cm³/mol. The molecule has 2 nitrogen and oxygen atoms in total. The number of thiophene rings is 1. The second-order valence-electron chi connectivity index (χ2n) is 3.94. The molecule has 1 saturated carbocycles. The molecule has 1 aromatic heterocycles. The molecule has 0 saturated heterocycles. The van der Waals surface area contributed by atoms with Crippen molar-refractivity contribution in [2.45, 2.75) is 32.4 Å². The molecule has 2 rings (SSSR count). The lowest BCUT2D eigenvalue weighted by molar-refractivity contribution is 0.184. The Morgan fingerprint density at radius 1 is 1.50 bits per heavy atom. The highest BCUT2D eigenvalue weighted by Crippen LogP contribution is 2.29. The number of nitrogens with zero attached hydrogens (tertiary/aromatic N) is 1. The Morgan fingerprint density at radius 3 is 2.79 bits per heavy atom. The molecule has 0 aromatic carbocycles. The number of aliphatic hydroxyl groups excluding tert-OH is 1. The molecule has 0 unspecified atom stereocenters. The molecule has 1 fully saturated rings. The molecule has 14 heavy (non-hydrogen) atoms. The Bertz CT molecular complexity index is 293. The third-order valence-corrected chi connectivity index (χ3v) is 3.59. The van der Waals surface area contributed by atoms with Gasteiger partial charge >= 0.3 is 0 Å². The molecule has 1 aromatic rings. The van der Waals surface area contributed by atoms with Crippen molar-refractivity contribution >= 4 is 11.3 Å². The molecule has 3 heteroatoms. The molecule has 1 heterocycles. The molecule has 0 spiro atoms. The van der Waals surface area contributed by atoms with E-state index in [1.165, 1.54) is 22.6 Å². The van der Waals surface area contributed by atoms with Crippen molar-refractivity contribution in [3.8, 4) is 0 Å². The van der Waals surface area contributed by atoms with Crippen molar-refractivity contribution in [1.82, 2.24) is 4.90 Å². The van der Waals surface area contributed by atoms with E-state index >= 15 is 0 Å². The predicted octanol–water partition coefficient (Wildman–Crippen LogP) is 2.01. The van der Waals surface area contributed by atoms with E-state index in [0.29, 0.717) is 0 Å². The topological polar surface area (TPSA) is 23.5 Å². The molecular weight excluding hydrogens is 194 g/mol. The van der Waals surface area contributed by atoms with Crippen LogP contribution >= 0.6 is 11.3 Å². The van der Waals surface area contributed by atoms with Gasteiger partial charge in [-0.3, -0.25) is 4.90 Å². The largest absolute Gasteiger partial charge is 0.395 e. The van der Waals surface area contributed by atoms with E-state index < -0.39 is 0 Å². The fraction of sp³-hybridized carbons (Fsp3) is 0.636. The van der Waals surface area contributed by atoms with E-state index in [1.54, 1.807) is 0 Å². The second kappa shape index (κ2) is 4.43. The third-order valence-electron chi connectivity index (χ3n) is 2.61. The highest BCUT2D eigenvalue weighted by atomic mass is 32.1. The number of hydrogen-bond donors (Lipinski definition) is 1. The SMILES string of the molecule is Cc1ccc(CN(CCO)C2CC2)s1. The first-order chi connectivity index (χ1) is 6.79. The number of aryl methyl sites for hydroxylation is 1. The summed E-state index contributed by atoms with van der Waals surface area (Å²) in [6, 6.07) is 5.11. The molecule has 0 aliphatic heterocycles. The van der Waals surface area contributed by atoms with Gasteiger partial charge in [-0.15, -0.1) is 11.3 Å². The van der Waals surface area contributed by atoms with E-state index in [4.69, 9.17) is 5.11 Å². The van der Waals surface area contributed by atoms with Crippen LogP contribution < -0.4 is 0 Å². The van der Waals surface area contributed by atoms with Crippen LogP contribution in [0.15, 0.2) is 12.1 Å². The average Bonchev–Trinajstić information content (AvgIpc) is 2.91. The smallest absolute Gasteiger partial charge is 0.0558 e. The van der Waals surface area contributed by atoms with Crippen LogP contribution in [0.4, 0.5) is 0 Å². The summed E-state index contributed by atoms with van der Waals surface area (Å²) >= 11 is 1.86. The fourth-order valence-corrected chi connectivity index (χ4v) is 2.65. The van der Waals surface area contributed by atoms with E-state index in [1.807, 2.05) is 11.3 Å². The van der Waals surface area contributed by atoms with Gasteiger partial charge in [0.2, 0.25) is 0 Å². The first-order valence-corrected chi connectivity index (χ1v) is 6.01. The fourth-order valence-electron chi connectivity index (χ4n) is 1.73. The lowest BCUT2D eigenvalue weighted by Crippen LogP contribution is -2.28. The molecule has 0 radical (unpaired) electrons. The minimum Gasteiger partial charge on any atom is -0.395 e.